The molecular formula is C22H20BrN3O2. The fourth-order valence-corrected chi connectivity index (χ4v) is 4.08. The highest BCUT2D eigenvalue weighted by Crippen LogP contribution is 2.38. The quantitative estimate of drug-likeness (QED) is 0.594. The van der Waals surface area contributed by atoms with Gasteiger partial charge in [-0.25, -0.2) is 4.68 Å². The summed E-state index contributed by atoms with van der Waals surface area (Å²) in [6.45, 7) is 5.82. The normalized spacial score (nSPS) is 15.9. The van der Waals surface area contributed by atoms with Gasteiger partial charge >= 0.3 is 0 Å². The Hall–Kier alpha value is -2.73. The van der Waals surface area contributed by atoms with Crippen molar-refractivity contribution in [3.63, 3.8) is 0 Å². The molecule has 142 valence electrons. The molecule has 0 radical (unpaired) electrons. The Kier molecular flexibility index (Phi) is 4.67. The molecule has 1 aromatic heterocycles. The van der Waals surface area contributed by atoms with E-state index in [1.165, 1.54) is 0 Å². The van der Waals surface area contributed by atoms with Gasteiger partial charge in [0, 0.05) is 22.0 Å². The van der Waals surface area contributed by atoms with Gasteiger partial charge in [-0.15, -0.1) is 0 Å². The molecule has 1 N–H and O–H groups in total. The van der Waals surface area contributed by atoms with Gasteiger partial charge in [0.2, 0.25) is 5.91 Å². The van der Waals surface area contributed by atoms with Crippen molar-refractivity contribution in [3.05, 3.63) is 74.9 Å². The van der Waals surface area contributed by atoms with E-state index in [-0.39, 0.29) is 18.1 Å². The number of nitrogens with one attached hydrogen (secondary N) is 1. The van der Waals surface area contributed by atoms with Crippen LogP contribution in [0.3, 0.4) is 0 Å². The van der Waals surface area contributed by atoms with Gasteiger partial charge in [0.1, 0.15) is 5.82 Å². The van der Waals surface area contributed by atoms with Crippen molar-refractivity contribution in [1.29, 1.82) is 0 Å². The van der Waals surface area contributed by atoms with Crippen LogP contribution in [-0.4, -0.2) is 21.5 Å². The summed E-state index contributed by atoms with van der Waals surface area (Å²) in [7, 11) is 0. The van der Waals surface area contributed by atoms with Crippen molar-refractivity contribution in [2.45, 2.75) is 33.1 Å². The summed E-state index contributed by atoms with van der Waals surface area (Å²) in [4.78, 5) is 25.8. The molecule has 0 bridgehead atoms. The maximum absolute atomic E-state index is 13.4. The van der Waals surface area contributed by atoms with Crippen LogP contribution in [0.5, 0.6) is 0 Å². The summed E-state index contributed by atoms with van der Waals surface area (Å²) >= 11 is 3.43. The van der Waals surface area contributed by atoms with Crippen LogP contribution < -0.4 is 5.32 Å². The number of carbonyl (C=O) groups excluding carboxylic acids is 2. The lowest BCUT2D eigenvalue weighted by Gasteiger charge is -2.23. The molecule has 1 atom stereocenters. The first kappa shape index (κ1) is 18.6. The molecule has 2 heterocycles. The van der Waals surface area contributed by atoms with E-state index >= 15 is 0 Å². The molecule has 1 aliphatic rings. The number of ketones is 1. The first-order chi connectivity index (χ1) is 13.3. The lowest BCUT2D eigenvalue weighted by Crippen LogP contribution is -2.28. The summed E-state index contributed by atoms with van der Waals surface area (Å²) in [6, 6.07) is 13.4. The van der Waals surface area contributed by atoms with Crippen LogP contribution in [0.15, 0.2) is 46.9 Å². The number of fused-ring (bicyclic) bond motifs is 1. The van der Waals surface area contributed by atoms with E-state index in [2.05, 4.69) is 26.3 Å². The average molecular weight is 438 g/mol. The van der Waals surface area contributed by atoms with Crippen molar-refractivity contribution in [3.8, 4) is 5.69 Å². The van der Waals surface area contributed by atoms with Crippen molar-refractivity contribution < 1.29 is 9.59 Å². The molecule has 1 aliphatic heterocycles. The van der Waals surface area contributed by atoms with Gasteiger partial charge in [0.05, 0.1) is 17.3 Å². The molecule has 0 unspecified atom stereocenters. The Labute approximate surface area is 171 Å². The Morgan fingerprint density at radius 3 is 2.54 bits per heavy atom. The molecule has 0 saturated heterocycles. The van der Waals surface area contributed by atoms with Crippen molar-refractivity contribution >= 4 is 33.4 Å². The minimum atomic E-state index is -0.533. The fourth-order valence-electron chi connectivity index (χ4n) is 3.82. The predicted molar refractivity (Wildman–Crippen MR) is 112 cm³/mol. The second kappa shape index (κ2) is 7.02. The van der Waals surface area contributed by atoms with Crippen molar-refractivity contribution in [2.24, 2.45) is 0 Å². The number of carbonyl (C=O) groups is 2. The highest BCUT2D eigenvalue weighted by molar-refractivity contribution is 9.10. The predicted octanol–water partition coefficient (Wildman–Crippen LogP) is 4.87. The summed E-state index contributed by atoms with van der Waals surface area (Å²) in [5.74, 6) is -0.158. The molecule has 3 aromatic rings. The Morgan fingerprint density at radius 1 is 1.14 bits per heavy atom. The number of amides is 1. The third-order valence-electron chi connectivity index (χ3n) is 5.14. The summed E-state index contributed by atoms with van der Waals surface area (Å²) in [5, 5.41) is 7.54. The van der Waals surface area contributed by atoms with E-state index in [9.17, 15) is 9.59 Å². The maximum Gasteiger partial charge on any atom is 0.226 e. The molecule has 0 aliphatic carbocycles. The van der Waals surface area contributed by atoms with Crippen LogP contribution in [0.1, 0.15) is 45.1 Å². The number of hydrogen-bond acceptors (Lipinski definition) is 3. The van der Waals surface area contributed by atoms with E-state index < -0.39 is 5.92 Å². The van der Waals surface area contributed by atoms with E-state index in [1.807, 2.05) is 63.2 Å². The molecule has 0 saturated carbocycles. The third-order valence-corrected chi connectivity index (χ3v) is 5.67. The monoisotopic (exact) mass is 437 g/mol. The van der Waals surface area contributed by atoms with Gasteiger partial charge in [0.15, 0.2) is 5.78 Å². The van der Waals surface area contributed by atoms with E-state index in [0.717, 1.165) is 32.5 Å². The number of rotatable bonds is 3. The maximum atomic E-state index is 13.4. The van der Waals surface area contributed by atoms with Crippen LogP contribution in [-0.2, 0) is 4.79 Å². The second-order valence-corrected chi connectivity index (χ2v) is 8.14. The first-order valence-electron chi connectivity index (χ1n) is 9.12. The Bertz CT molecular complexity index is 1100. The Balaban J connectivity index is 1.82. The van der Waals surface area contributed by atoms with Crippen LogP contribution in [0.2, 0.25) is 0 Å². The topological polar surface area (TPSA) is 64.0 Å². The minimum absolute atomic E-state index is 0.0351. The summed E-state index contributed by atoms with van der Waals surface area (Å²) in [6.07, 6.45) is 0.131. The van der Waals surface area contributed by atoms with E-state index in [4.69, 9.17) is 0 Å². The standard InChI is InChI=1S/C22H20BrN3O2/c1-12-4-9-17(13(2)10-12)21(28)18-11-19(27)24-22-20(18)14(3)25-26(22)16-7-5-15(23)6-8-16/h4-10,18H,11H2,1-3H3,(H,24,27)/t18-/m0/s1. The molecule has 5 nitrogen and oxygen atoms in total. The largest absolute Gasteiger partial charge is 0.310 e. The smallest absolute Gasteiger partial charge is 0.226 e. The van der Waals surface area contributed by atoms with Crippen LogP contribution in [0, 0.1) is 20.8 Å². The molecule has 1 amide bonds. The van der Waals surface area contributed by atoms with Crippen molar-refractivity contribution in [1.82, 2.24) is 9.78 Å². The van der Waals surface area contributed by atoms with Crippen LogP contribution in [0.25, 0.3) is 5.69 Å². The van der Waals surface area contributed by atoms with E-state index in [1.54, 1.807) is 4.68 Å². The van der Waals surface area contributed by atoms with Gasteiger partial charge in [-0.3, -0.25) is 9.59 Å². The molecule has 6 heteroatoms. The highest BCUT2D eigenvalue weighted by atomic mass is 79.9. The number of halogens is 1. The molecule has 0 fully saturated rings. The fraction of sp³-hybridized carbons (Fsp3) is 0.227. The number of aromatic nitrogens is 2. The second-order valence-electron chi connectivity index (χ2n) is 7.22. The Morgan fingerprint density at radius 2 is 1.86 bits per heavy atom. The number of anilines is 1. The molecular weight excluding hydrogens is 418 g/mol. The highest BCUT2D eigenvalue weighted by Gasteiger charge is 2.36. The lowest BCUT2D eigenvalue weighted by atomic mass is 9.84. The SMILES string of the molecule is Cc1ccc(C(=O)[C@H]2CC(=O)Nc3c2c(C)nn3-c2ccc(Br)cc2)c(C)c1. The van der Waals surface area contributed by atoms with Gasteiger partial charge in [-0.2, -0.15) is 5.10 Å². The summed E-state index contributed by atoms with van der Waals surface area (Å²) < 4.78 is 2.66. The van der Waals surface area contributed by atoms with Gasteiger partial charge in [-0.05, 0) is 50.6 Å². The third kappa shape index (κ3) is 3.18. The van der Waals surface area contributed by atoms with Gasteiger partial charge in [-0.1, -0.05) is 39.7 Å². The summed E-state index contributed by atoms with van der Waals surface area (Å²) in [5.41, 5.74) is 5.07. The average Bonchev–Trinajstić information content (AvgIpc) is 2.97. The van der Waals surface area contributed by atoms with Crippen molar-refractivity contribution in [2.75, 3.05) is 5.32 Å². The van der Waals surface area contributed by atoms with Crippen LogP contribution >= 0.6 is 15.9 Å². The van der Waals surface area contributed by atoms with Gasteiger partial charge < -0.3 is 5.32 Å². The van der Waals surface area contributed by atoms with Gasteiger partial charge in [0.25, 0.3) is 0 Å². The zero-order chi connectivity index (χ0) is 20.0. The number of hydrogen-bond donors (Lipinski definition) is 1. The molecule has 4 rings (SSSR count). The molecule has 2 aromatic carbocycles. The minimum Gasteiger partial charge on any atom is -0.310 e. The number of nitrogens with zero attached hydrogens (tertiary/aromatic N) is 2. The number of benzene rings is 2. The number of Topliss-reactive ketones (excluding diaryl/α,β-unsaturated/α-hetero) is 1. The van der Waals surface area contributed by atoms with Crippen LogP contribution in [0.4, 0.5) is 5.82 Å². The molecule has 28 heavy (non-hydrogen) atoms. The lowest BCUT2D eigenvalue weighted by molar-refractivity contribution is -0.116. The number of aryl methyl sites for hydroxylation is 3. The zero-order valence-electron chi connectivity index (χ0n) is 15.9. The first-order valence-corrected chi connectivity index (χ1v) is 9.91. The molecule has 0 spiro atoms. The zero-order valence-corrected chi connectivity index (χ0v) is 17.5. The van der Waals surface area contributed by atoms with E-state index in [0.29, 0.717) is 11.4 Å².